The van der Waals surface area contributed by atoms with Crippen LogP contribution in [0.4, 0.5) is 5.00 Å². The van der Waals surface area contributed by atoms with Crippen LogP contribution in [0, 0.1) is 13.8 Å². The summed E-state index contributed by atoms with van der Waals surface area (Å²) in [5.41, 5.74) is 6.52. The predicted octanol–water partition coefficient (Wildman–Crippen LogP) is 4.65. The van der Waals surface area contributed by atoms with Crippen LogP contribution in [0.1, 0.15) is 37.1 Å². The largest absolute Gasteiger partial charge is 0.486 e. The molecule has 0 aliphatic carbocycles. The van der Waals surface area contributed by atoms with E-state index in [4.69, 9.17) is 14.9 Å². The van der Waals surface area contributed by atoms with E-state index in [1.807, 2.05) is 31.2 Å². The third-order valence-electron chi connectivity index (χ3n) is 3.92. The van der Waals surface area contributed by atoms with Crippen LogP contribution in [0.5, 0.6) is 5.75 Å². The number of primary amides is 1. The molecule has 27 heavy (non-hydrogen) atoms. The van der Waals surface area contributed by atoms with Crippen LogP contribution in [0.2, 0.25) is 0 Å². The molecule has 2 heterocycles. The summed E-state index contributed by atoms with van der Waals surface area (Å²) < 4.78 is 12.1. The number of hydrogen-bond donors (Lipinski definition) is 2. The highest BCUT2D eigenvalue weighted by Gasteiger charge is 2.21. The molecule has 0 spiro atoms. The summed E-state index contributed by atoms with van der Waals surface area (Å²) >= 11 is 4.68. The summed E-state index contributed by atoms with van der Waals surface area (Å²) in [7, 11) is 0. The number of nitrogens with one attached hydrogen (secondary N) is 1. The second-order valence-electron chi connectivity index (χ2n) is 5.82. The van der Waals surface area contributed by atoms with Gasteiger partial charge in [0, 0.05) is 9.35 Å². The minimum Gasteiger partial charge on any atom is -0.486 e. The molecule has 3 aromatic rings. The van der Waals surface area contributed by atoms with Gasteiger partial charge in [-0.15, -0.1) is 11.3 Å². The van der Waals surface area contributed by atoms with Crippen LogP contribution in [0.25, 0.3) is 0 Å². The van der Waals surface area contributed by atoms with E-state index in [2.05, 4.69) is 21.2 Å². The highest BCUT2D eigenvalue weighted by Crippen LogP contribution is 2.32. The molecule has 6 nitrogen and oxygen atoms in total. The van der Waals surface area contributed by atoms with Crippen molar-refractivity contribution in [2.75, 3.05) is 5.32 Å². The van der Waals surface area contributed by atoms with Crippen molar-refractivity contribution in [2.24, 2.45) is 5.73 Å². The summed E-state index contributed by atoms with van der Waals surface area (Å²) in [5, 5.41) is 3.12. The smallest absolute Gasteiger partial charge is 0.291 e. The lowest BCUT2D eigenvalue weighted by molar-refractivity contribution is 0.0993. The van der Waals surface area contributed by atoms with Gasteiger partial charge in [0.05, 0.1) is 5.56 Å². The third kappa shape index (κ3) is 4.40. The maximum atomic E-state index is 12.4. The number of ether oxygens (including phenoxy) is 1. The summed E-state index contributed by atoms with van der Waals surface area (Å²) in [4.78, 5) is 25.0. The number of carbonyl (C=O) groups excluding carboxylic acids is 2. The van der Waals surface area contributed by atoms with Crippen molar-refractivity contribution >= 4 is 44.1 Å². The molecule has 3 N–H and O–H groups in total. The van der Waals surface area contributed by atoms with Gasteiger partial charge in [0.15, 0.2) is 5.76 Å². The standard InChI is InChI=1S/C19H17BrN2O4S/c1-10-11(2)27-19(16(10)17(21)23)22-18(24)15-7-6-14(26-15)9-25-13-5-3-4-12(20)8-13/h3-8H,9H2,1-2H3,(H2,21,23)(H,22,24). The predicted molar refractivity (Wildman–Crippen MR) is 107 cm³/mol. The Kier molecular flexibility index (Phi) is 5.67. The second kappa shape index (κ2) is 7.98. The van der Waals surface area contributed by atoms with Crippen LogP contribution in [-0.4, -0.2) is 11.8 Å². The molecule has 0 fully saturated rings. The van der Waals surface area contributed by atoms with E-state index >= 15 is 0 Å². The molecule has 3 rings (SSSR count). The fourth-order valence-corrected chi connectivity index (χ4v) is 3.90. The van der Waals surface area contributed by atoms with Gasteiger partial charge < -0.3 is 20.2 Å². The molecule has 2 amide bonds. The zero-order chi connectivity index (χ0) is 19.6. The Balaban J connectivity index is 1.69. The number of carbonyl (C=O) groups is 2. The van der Waals surface area contributed by atoms with Gasteiger partial charge in [-0.25, -0.2) is 0 Å². The third-order valence-corrected chi connectivity index (χ3v) is 5.54. The molecular formula is C19H17BrN2O4S. The molecule has 0 aliphatic rings. The second-order valence-corrected chi connectivity index (χ2v) is 7.96. The Bertz CT molecular complexity index is 1010. The molecule has 1 aromatic carbocycles. The van der Waals surface area contributed by atoms with E-state index in [1.54, 1.807) is 19.1 Å². The number of anilines is 1. The van der Waals surface area contributed by atoms with Gasteiger partial charge in [-0.3, -0.25) is 9.59 Å². The number of amides is 2. The average molecular weight is 449 g/mol. The van der Waals surface area contributed by atoms with Crippen molar-refractivity contribution in [3.05, 3.63) is 68.4 Å². The van der Waals surface area contributed by atoms with Crippen molar-refractivity contribution < 1.29 is 18.7 Å². The molecule has 0 aliphatic heterocycles. The first-order valence-electron chi connectivity index (χ1n) is 8.03. The molecular weight excluding hydrogens is 432 g/mol. The molecule has 2 aromatic heterocycles. The quantitative estimate of drug-likeness (QED) is 0.573. The topological polar surface area (TPSA) is 94.6 Å². The van der Waals surface area contributed by atoms with Gasteiger partial charge in [-0.05, 0) is 49.7 Å². The van der Waals surface area contributed by atoms with Crippen LogP contribution >= 0.6 is 27.3 Å². The number of benzene rings is 1. The van der Waals surface area contributed by atoms with E-state index in [-0.39, 0.29) is 12.4 Å². The molecule has 140 valence electrons. The van der Waals surface area contributed by atoms with Crippen LogP contribution in [0.3, 0.4) is 0 Å². The number of halogens is 1. The highest BCUT2D eigenvalue weighted by atomic mass is 79.9. The van der Waals surface area contributed by atoms with Gasteiger partial charge in [0.1, 0.15) is 23.1 Å². The summed E-state index contributed by atoms with van der Waals surface area (Å²) in [6, 6.07) is 10.7. The van der Waals surface area contributed by atoms with E-state index in [1.165, 1.54) is 11.3 Å². The maximum absolute atomic E-state index is 12.4. The Hall–Kier alpha value is -2.58. The summed E-state index contributed by atoms with van der Waals surface area (Å²) in [6.07, 6.45) is 0. The van der Waals surface area contributed by atoms with Gasteiger partial charge in [-0.2, -0.15) is 0 Å². The number of aryl methyl sites for hydroxylation is 1. The Labute approximate surface area is 168 Å². The lowest BCUT2D eigenvalue weighted by Gasteiger charge is -2.05. The minimum absolute atomic E-state index is 0.127. The molecule has 0 bridgehead atoms. The number of hydrogen-bond acceptors (Lipinski definition) is 5. The van der Waals surface area contributed by atoms with Gasteiger partial charge in [0.2, 0.25) is 0 Å². The van der Waals surface area contributed by atoms with Crippen LogP contribution in [0.15, 0.2) is 45.3 Å². The fourth-order valence-electron chi connectivity index (χ4n) is 2.47. The van der Waals surface area contributed by atoms with Gasteiger partial charge >= 0.3 is 0 Å². The first kappa shape index (κ1) is 19.2. The average Bonchev–Trinajstić information content (AvgIpc) is 3.18. The molecule has 0 unspecified atom stereocenters. The fraction of sp³-hybridized carbons (Fsp3) is 0.158. The van der Waals surface area contributed by atoms with Gasteiger partial charge in [0.25, 0.3) is 11.8 Å². The normalized spacial score (nSPS) is 10.6. The number of rotatable bonds is 6. The Morgan fingerprint density at radius 1 is 1.26 bits per heavy atom. The van der Waals surface area contributed by atoms with E-state index in [9.17, 15) is 9.59 Å². The van der Waals surface area contributed by atoms with Crippen molar-refractivity contribution in [3.8, 4) is 5.75 Å². The summed E-state index contributed by atoms with van der Waals surface area (Å²) in [6.45, 7) is 3.85. The zero-order valence-electron chi connectivity index (χ0n) is 14.7. The van der Waals surface area contributed by atoms with Crippen molar-refractivity contribution in [1.82, 2.24) is 0 Å². The number of thiophene rings is 1. The Morgan fingerprint density at radius 3 is 2.74 bits per heavy atom. The lowest BCUT2D eigenvalue weighted by Crippen LogP contribution is -2.17. The summed E-state index contributed by atoms with van der Waals surface area (Å²) in [5.74, 6) is 0.292. The van der Waals surface area contributed by atoms with Crippen molar-refractivity contribution in [1.29, 1.82) is 0 Å². The minimum atomic E-state index is -0.574. The molecule has 0 saturated carbocycles. The number of nitrogens with two attached hydrogens (primary N) is 1. The van der Waals surface area contributed by atoms with Crippen molar-refractivity contribution in [2.45, 2.75) is 20.5 Å². The van der Waals surface area contributed by atoms with Crippen LogP contribution < -0.4 is 15.8 Å². The first-order chi connectivity index (χ1) is 12.8. The molecule has 0 radical (unpaired) electrons. The molecule has 0 saturated heterocycles. The van der Waals surface area contributed by atoms with Crippen LogP contribution in [-0.2, 0) is 6.61 Å². The van der Waals surface area contributed by atoms with E-state index in [0.717, 1.165) is 14.9 Å². The SMILES string of the molecule is Cc1sc(NC(=O)c2ccc(COc3cccc(Br)c3)o2)c(C(N)=O)c1C. The van der Waals surface area contributed by atoms with E-state index < -0.39 is 11.8 Å². The monoisotopic (exact) mass is 448 g/mol. The molecule has 8 heteroatoms. The Morgan fingerprint density at radius 2 is 2.04 bits per heavy atom. The van der Waals surface area contributed by atoms with E-state index in [0.29, 0.717) is 22.1 Å². The molecule has 0 atom stereocenters. The van der Waals surface area contributed by atoms with Crippen molar-refractivity contribution in [3.63, 3.8) is 0 Å². The van der Waals surface area contributed by atoms with Gasteiger partial charge in [-0.1, -0.05) is 22.0 Å². The zero-order valence-corrected chi connectivity index (χ0v) is 17.1. The maximum Gasteiger partial charge on any atom is 0.291 e. The highest BCUT2D eigenvalue weighted by molar-refractivity contribution is 9.10. The lowest BCUT2D eigenvalue weighted by atomic mass is 10.1. The number of furan rings is 1. The first-order valence-corrected chi connectivity index (χ1v) is 9.64.